The zero-order chi connectivity index (χ0) is 13.7. The molecule has 4 nitrogen and oxygen atoms in total. The molecule has 2 heterocycles. The molecule has 1 saturated heterocycles. The van der Waals surface area contributed by atoms with Gasteiger partial charge in [0.15, 0.2) is 0 Å². The molecule has 0 spiro atoms. The fraction of sp³-hybridized carbons (Fsp3) is 0.667. The maximum atomic E-state index is 5.67. The van der Waals surface area contributed by atoms with Crippen molar-refractivity contribution in [3.8, 4) is 5.75 Å². The van der Waals surface area contributed by atoms with Gasteiger partial charge in [-0.25, -0.2) is 0 Å². The summed E-state index contributed by atoms with van der Waals surface area (Å²) in [4.78, 5) is 7.09. The lowest BCUT2D eigenvalue weighted by Crippen LogP contribution is -2.35. The van der Waals surface area contributed by atoms with Crippen molar-refractivity contribution in [1.29, 1.82) is 0 Å². The summed E-state index contributed by atoms with van der Waals surface area (Å²) in [6.07, 6.45) is 3.73. The Bertz CT molecular complexity index is 412. The standard InChI is InChI=1S/C15H25N3O.ClH/c1-12-8-15(19-2)9-14(17-12)11-18-7-3-4-13(10-18)5-6-16;/h8-9,13H,3-7,10-11,16H2,1-2H3;1H. The number of hydrogen-bond acceptors (Lipinski definition) is 4. The Morgan fingerprint density at radius 2 is 2.25 bits per heavy atom. The lowest BCUT2D eigenvalue weighted by Gasteiger charge is -2.32. The molecular formula is C15H26ClN3O. The van der Waals surface area contributed by atoms with Gasteiger partial charge < -0.3 is 10.5 Å². The fourth-order valence-corrected chi connectivity index (χ4v) is 2.90. The highest BCUT2D eigenvalue weighted by molar-refractivity contribution is 5.85. The molecule has 1 aromatic rings. The van der Waals surface area contributed by atoms with Crippen LogP contribution in [0.25, 0.3) is 0 Å². The van der Waals surface area contributed by atoms with Crippen LogP contribution in [0.1, 0.15) is 30.7 Å². The molecular weight excluding hydrogens is 274 g/mol. The highest BCUT2D eigenvalue weighted by atomic mass is 35.5. The van der Waals surface area contributed by atoms with Crippen LogP contribution >= 0.6 is 12.4 Å². The number of nitrogens with two attached hydrogens (primary N) is 1. The SMILES string of the molecule is COc1cc(C)nc(CN2CCCC(CCN)C2)c1.Cl. The molecule has 1 aromatic heterocycles. The summed E-state index contributed by atoms with van der Waals surface area (Å²) in [6, 6.07) is 4.01. The predicted octanol–water partition coefficient (Wildman–Crippen LogP) is 2.38. The number of aryl methyl sites for hydroxylation is 1. The van der Waals surface area contributed by atoms with Crippen LogP contribution in [0.2, 0.25) is 0 Å². The summed E-state index contributed by atoms with van der Waals surface area (Å²) < 4.78 is 5.31. The van der Waals surface area contributed by atoms with Gasteiger partial charge in [-0.05, 0) is 45.2 Å². The maximum Gasteiger partial charge on any atom is 0.122 e. The highest BCUT2D eigenvalue weighted by Gasteiger charge is 2.19. The van der Waals surface area contributed by atoms with E-state index in [2.05, 4.69) is 9.88 Å². The summed E-state index contributed by atoms with van der Waals surface area (Å²) in [5.41, 5.74) is 7.79. The van der Waals surface area contributed by atoms with Crippen molar-refractivity contribution in [3.63, 3.8) is 0 Å². The summed E-state index contributed by atoms with van der Waals surface area (Å²) in [7, 11) is 1.71. The average Bonchev–Trinajstić information content (AvgIpc) is 2.39. The molecule has 1 unspecified atom stereocenters. The van der Waals surface area contributed by atoms with Crippen molar-refractivity contribution in [3.05, 3.63) is 23.5 Å². The first-order valence-electron chi connectivity index (χ1n) is 7.15. The predicted molar refractivity (Wildman–Crippen MR) is 84.4 cm³/mol. The van der Waals surface area contributed by atoms with E-state index < -0.39 is 0 Å². The monoisotopic (exact) mass is 299 g/mol. The molecule has 0 radical (unpaired) electrons. The van der Waals surface area contributed by atoms with Crippen LogP contribution in [0.15, 0.2) is 12.1 Å². The van der Waals surface area contributed by atoms with E-state index >= 15 is 0 Å². The second-order valence-corrected chi connectivity index (χ2v) is 5.46. The van der Waals surface area contributed by atoms with Crippen LogP contribution in [-0.4, -0.2) is 36.6 Å². The second kappa shape index (κ2) is 8.45. The van der Waals surface area contributed by atoms with Crippen LogP contribution in [0, 0.1) is 12.8 Å². The van der Waals surface area contributed by atoms with Crippen LogP contribution in [0.4, 0.5) is 0 Å². The maximum absolute atomic E-state index is 5.67. The van der Waals surface area contributed by atoms with Crippen molar-refractivity contribution in [2.45, 2.75) is 32.7 Å². The molecule has 1 aliphatic rings. The quantitative estimate of drug-likeness (QED) is 0.907. The fourth-order valence-electron chi connectivity index (χ4n) is 2.90. The number of aromatic nitrogens is 1. The van der Waals surface area contributed by atoms with Crippen LogP contribution < -0.4 is 10.5 Å². The number of rotatable bonds is 5. The molecule has 0 aromatic carbocycles. The highest BCUT2D eigenvalue weighted by Crippen LogP contribution is 2.21. The van der Waals surface area contributed by atoms with Gasteiger partial charge in [-0.1, -0.05) is 0 Å². The van der Waals surface area contributed by atoms with Gasteiger partial charge in [-0.15, -0.1) is 12.4 Å². The van der Waals surface area contributed by atoms with Crippen LogP contribution in [-0.2, 0) is 6.54 Å². The van der Waals surface area contributed by atoms with Gasteiger partial charge in [0, 0.05) is 30.9 Å². The zero-order valence-corrected chi connectivity index (χ0v) is 13.3. The summed E-state index contributed by atoms with van der Waals surface area (Å²) in [5.74, 6) is 1.66. The third-order valence-electron chi connectivity index (χ3n) is 3.78. The molecule has 0 saturated carbocycles. The number of piperidine rings is 1. The minimum atomic E-state index is 0. The number of hydrogen-bond donors (Lipinski definition) is 1. The molecule has 0 bridgehead atoms. The number of ether oxygens (including phenoxy) is 1. The third kappa shape index (κ3) is 4.93. The summed E-state index contributed by atoms with van der Waals surface area (Å²) in [5, 5.41) is 0. The van der Waals surface area contributed by atoms with E-state index in [1.807, 2.05) is 19.1 Å². The van der Waals surface area contributed by atoms with Crippen LogP contribution in [0.3, 0.4) is 0 Å². The Balaban J connectivity index is 0.00000200. The van der Waals surface area contributed by atoms with Crippen molar-refractivity contribution in [1.82, 2.24) is 9.88 Å². The molecule has 0 amide bonds. The normalized spacial score (nSPS) is 19.4. The van der Waals surface area contributed by atoms with E-state index in [0.717, 1.165) is 49.1 Å². The number of pyridine rings is 1. The van der Waals surface area contributed by atoms with Crippen LogP contribution in [0.5, 0.6) is 5.75 Å². The minimum Gasteiger partial charge on any atom is -0.497 e. The Labute approximate surface area is 128 Å². The molecule has 5 heteroatoms. The number of nitrogens with zero attached hydrogens (tertiary/aromatic N) is 2. The molecule has 0 aliphatic carbocycles. The number of likely N-dealkylation sites (tertiary alicyclic amines) is 1. The third-order valence-corrected chi connectivity index (χ3v) is 3.78. The van der Waals surface area contributed by atoms with E-state index in [-0.39, 0.29) is 12.4 Å². The summed E-state index contributed by atoms with van der Waals surface area (Å²) >= 11 is 0. The zero-order valence-electron chi connectivity index (χ0n) is 12.5. The average molecular weight is 300 g/mol. The van der Waals surface area contributed by atoms with E-state index in [1.165, 1.54) is 19.4 Å². The smallest absolute Gasteiger partial charge is 0.122 e. The molecule has 1 aliphatic heterocycles. The summed E-state index contributed by atoms with van der Waals surface area (Å²) in [6.45, 7) is 6.04. The molecule has 114 valence electrons. The van der Waals surface area contributed by atoms with E-state index in [9.17, 15) is 0 Å². The minimum absolute atomic E-state index is 0. The van der Waals surface area contributed by atoms with Gasteiger partial charge in [-0.2, -0.15) is 0 Å². The van der Waals surface area contributed by atoms with Gasteiger partial charge in [0.05, 0.1) is 12.8 Å². The molecule has 1 fully saturated rings. The Hall–Kier alpha value is -0.840. The van der Waals surface area contributed by atoms with Crippen molar-refractivity contribution in [2.24, 2.45) is 11.7 Å². The first kappa shape index (κ1) is 17.2. The molecule has 1 atom stereocenters. The van der Waals surface area contributed by atoms with Gasteiger partial charge in [0.2, 0.25) is 0 Å². The first-order chi connectivity index (χ1) is 9.21. The topological polar surface area (TPSA) is 51.4 Å². The number of methoxy groups -OCH3 is 1. The first-order valence-corrected chi connectivity index (χ1v) is 7.15. The second-order valence-electron chi connectivity index (χ2n) is 5.46. The van der Waals surface area contributed by atoms with Gasteiger partial charge in [-0.3, -0.25) is 9.88 Å². The van der Waals surface area contributed by atoms with Gasteiger partial charge >= 0.3 is 0 Å². The van der Waals surface area contributed by atoms with Gasteiger partial charge in [0.1, 0.15) is 5.75 Å². The lowest BCUT2D eigenvalue weighted by atomic mass is 9.95. The van der Waals surface area contributed by atoms with Crippen molar-refractivity contribution >= 4 is 12.4 Å². The molecule has 2 N–H and O–H groups in total. The largest absolute Gasteiger partial charge is 0.497 e. The molecule has 2 rings (SSSR count). The van der Waals surface area contributed by atoms with E-state index in [0.29, 0.717) is 0 Å². The Morgan fingerprint density at radius 1 is 1.45 bits per heavy atom. The lowest BCUT2D eigenvalue weighted by molar-refractivity contribution is 0.161. The van der Waals surface area contributed by atoms with E-state index in [1.54, 1.807) is 7.11 Å². The van der Waals surface area contributed by atoms with Gasteiger partial charge in [0.25, 0.3) is 0 Å². The molecule has 20 heavy (non-hydrogen) atoms. The van der Waals surface area contributed by atoms with Crippen molar-refractivity contribution in [2.75, 3.05) is 26.7 Å². The Kier molecular flexibility index (Phi) is 7.27. The number of halogens is 1. The Morgan fingerprint density at radius 3 is 2.95 bits per heavy atom. The van der Waals surface area contributed by atoms with Crippen molar-refractivity contribution < 1.29 is 4.74 Å². The van der Waals surface area contributed by atoms with E-state index in [4.69, 9.17) is 10.5 Å².